The Morgan fingerprint density at radius 1 is 1.26 bits per heavy atom. The number of para-hydroxylation sites is 2. The van der Waals surface area contributed by atoms with Gasteiger partial charge in [0.05, 0.1) is 12.8 Å². The van der Waals surface area contributed by atoms with E-state index in [9.17, 15) is 4.79 Å². The lowest BCUT2D eigenvalue weighted by molar-refractivity contribution is -0.120. The van der Waals surface area contributed by atoms with Crippen molar-refractivity contribution >= 4 is 23.2 Å². The van der Waals surface area contributed by atoms with Crippen LogP contribution in [0.15, 0.2) is 36.7 Å². The van der Waals surface area contributed by atoms with Crippen LogP contribution in [0.2, 0.25) is 0 Å². The molecule has 3 aromatic rings. The van der Waals surface area contributed by atoms with Crippen molar-refractivity contribution in [2.24, 2.45) is 5.92 Å². The SMILES string of the molecule is COc1ccccc1NC(=O)C1CCN(c2cc(C)nc3ncnn23)CC1. The first-order valence-electron chi connectivity index (χ1n) is 9.02. The summed E-state index contributed by atoms with van der Waals surface area (Å²) >= 11 is 0. The molecule has 1 amide bonds. The number of carbonyl (C=O) groups is 1. The first kappa shape index (κ1) is 17.3. The molecule has 2 aromatic heterocycles. The van der Waals surface area contributed by atoms with Crippen LogP contribution in [0.25, 0.3) is 5.78 Å². The van der Waals surface area contributed by atoms with Crippen molar-refractivity contribution in [3.05, 3.63) is 42.4 Å². The van der Waals surface area contributed by atoms with Crippen LogP contribution < -0.4 is 15.0 Å². The van der Waals surface area contributed by atoms with Crippen LogP contribution in [0.5, 0.6) is 5.75 Å². The van der Waals surface area contributed by atoms with Gasteiger partial charge >= 0.3 is 0 Å². The molecular weight excluding hydrogens is 344 g/mol. The summed E-state index contributed by atoms with van der Waals surface area (Å²) in [6, 6.07) is 9.47. The van der Waals surface area contributed by atoms with E-state index >= 15 is 0 Å². The maximum atomic E-state index is 12.7. The lowest BCUT2D eigenvalue weighted by Crippen LogP contribution is -2.39. The van der Waals surface area contributed by atoms with Crippen molar-refractivity contribution in [1.29, 1.82) is 0 Å². The van der Waals surface area contributed by atoms with Gasteiger partial charge in [0.25, 0.3) is 5.78 Å². The number of aromatic nitrogens is 4. The van der Waals surface area contributed by atoms with E-state index in [1.807, 2.05) is 37.3 Å². The first-order valence-corrected chi connectivity index (χ1v) is 9.02. The third-order valence-corrected chi connectivity index (χ3v) is 4.92. The second kappa shape index (κ2) is 7.22. The Kier molecular flexibility index (Phi) is 4.62. The first-order chi connectivity index (χ1) is 13.2. The number of carbonyl (C=O) groups excluding carboxylic acids is 1. The normalized spacial score (nSPS) is 15.1. The number of hydrogen-bond acceptors (Lipinski definition) is 6. The topological polar surface area (TPSA) is 84.6 Å². The minimum atomic E-state index is -0.0275. The van der Waals surface area contributed by atoms with Gasteiger partial charge in [-0.2, -0.15) is 14.6 Å². The highest BCUT2D eigenvalue weighted by Gasteiger charge is 2.27. The number of fused-ring (bicyclic) bond motifs is 1. The highest BCUT2D eigenvalue weighted by atomic mass is 16.5. The summed E-state index contributed by atoms with van der Waals surface area (Å²) < 4.78 is 7.06. The van der Waals surface area contributed by atoms with E-state index in [1.165, 1.54) is 6.33 Å². The minimum absolute atomic E-state index is 0.0275. The predicted molar refractivity (Wildman–Crippen MR) is 102 cm³/mol. The molecular formula is C19H22N6O2. The Hall–Kier alpha value is -3.16. The number of nitrogens with one attached hydrogen (secondary N) is 1. The standard InChI is InChI=1S/C19H22N6O2/c1-13-11-17(25-19(22-13)20-12-21-25)24-9-7-14(8-10-24)18(26)23-15-5-3-4-6-16(15)27-2/h3-6,11-12,14H,7-10H2,1-2H3,(H,23,26). The molecule has 1 fully saturated rings. The third kappa shape index (κ3) is 3.42. The predicted octanol–water partition coefficient (Wildman–Crippen LogP) is 2.30. The average molecular weight is 366 g/mol. The van der Waals surface area contributed by atoms with Gasteiger partial charge in [0.2, 0.25) is 5.91 Å². The molecule has 8 heteroatoms. The number of aryl methyl sites for hydroxylation is 1. The van der Waals surface area contributed by atoms with Gasteiger partial charge in [-0.05, 0) is 31.9 Å². The van der Waals surface area contributed by atoms with E-state index < -0.39 is 0 Å². The molecule has 0 atom stereocenters. The van der Waals surface area contributed by atoms with Crippen LogP contribution in [0.3, 0.4) is 0 Å². The van der Waals surface area contributed by atoms with Gasteiger partial charge in [-0.15, -0.1) is 0 Å². The molecule has 0 unspecified atom stereocenters. The Labute approximate surface area is 157 Å². The second-order valence-corrected chi connectivity index (χ2v) is 6.68. The number of rotatable bonds is 4. The smallest absolute Gasteiger partial charge is 0.254 e. The Morgan fingerprint density at radius 2 is 2.04 bits per heavy atom. The van der Waals surface area contributed by atoms with Crippen molar-refractivity contribution < 1.29 is 9.53 Å². The number of anilines is 2. The van der Waals surface area contributed by atoms with Crippen molar-refractivity contribution in [3.8, 4) is 5.75 Å². The number of hydrogen-bond donors (Lipinski definition) is 1. The summed E-state index contributed by atoms with van der Waals surface area (Å²) in [4.78, 5) is 23.5. The van der Waals surface area contributed by atoms with Crippen LogP contribution >= 0.6 is 0 Å². The van der Waals surface area contributed by atoms with Crippen LogP contribution in [0.4, 0.5) is 11.5 Å². The third-order valence-electron chi connectivity index (χ3n) is 4.92. The largest absolute Gasteiger partial charge is 0.495 e. The van der Waals surface area contributed by atoms with Gasteiger partial charge in [-0.25, -0.2) is 4.98 Å². The van der Waals surface area contributed by atoms with Gasteiger partial charge in [-0.1, -0.05) is 12.1 Å². The quantitative estimate of drug-likeness (QED) is 0.763. The summed E-state index contributed by atoms with van der Waals surface area (Å²) in [6.07, 6.45) is 3.07. The number of methoxy groups -OCH3 is 1. The van der Waals surface area contributed by atoms with Gasteiger partial charge in [0, 0.05) is 30.8 Å². The highest BCUT2D eigenvalue weighted by molar-refractivity contribution is 5.94. The highest BCUT2D eigenvalue weighted by Crippen LogP contribution is 2.27. The Balaban J connectivity index is 1.44. The van der Waals surface area contributed by atoms with Crippen molar-refractivity contribution in [2.45, 2.75) is 19.8 Å². The fourth-order valence-corrected chi connectivity index (χ4v) is 3.49. The molecule has 1 N–H and O–H groups in total. The second-order valence-electron chi connectivity index (χ2n) is 6.68. The lowest BCUT2D eigenvalue weighted by atomic mass is 9.95. The van der Waals surface area contributed by atoms with Gasteiger partial charge < -0.3 is 15.0 Å². The van der Waals surface area contributed by atoms with Crippen LogP contribution in [-0.2, 0) is 4.79 Å². The molecule has 8 nitrogen and oxygen atoms in total. The zero-order valence-corrected chi connectivity index (χ0v) is 15.4. The van der Waals surface area contributed by atoms with Crippen LogP contribution in [0, 0.1) is 12.8 Å². The summed E-state index contributed by atoms with van der Waals surface area (Å²) in [5.74, 6) is 2.25. The molecule has 1 aliphatic heterocycles. The number of benzene rings is 1. The van der Waals surface area contributed by atoms with E-state index in [2.05, 4.69) is 25.3 Å². The number of nitrogens with zero attached hydrogens (tertiary/aromatic N) is 5. The number of ether oxygens (including phenoxy) is 1. The summed E-state index contributed by atoms with van der Waals surface area (Å²) in [6.45, 7) is 3.51. The summed E-state index contributed by atoms with van der Waals surface area (Å²) in [5.41, 5.74) is 1.61. The van der Waals surface area contributed by atoms with Crippen molar-refractivity contribution in [1.82, 2.24) is 19.6 Å². The van der Waals surface area contributed by atoms with Gasteiger partial charge in [0.15, 0.2) is 0 Å². The molecule has 1 aliphatic rings. The minimum Gasteiger partial charge on any atom is -0.495 e. The van der Waals surface area contributed by atoms with E-state index in [0.29, 0.717) is 17.2 Å². The molecule has 4 rings (SSSR count). The maximum absolute atomic E-state index is 12.7. The molecule has 1 aromatic carbocycles. The maximum Gasteiger partial charge on any atom is 0.254 e. The average Bonchev–Trinajstić information content (AvgIpc) is 3.16. The lowest BCUT2D eigenvalue weighted by Gasteiger charge is -2.32. The molecule has 0 radical (unpaired) electrons. The zero-order chi connectivity index (χ0) is 18.8. The molecule has 1 saturated heterocycles. The molecule has 0 bridgehead atoms. The molecule has 140 valence electrons. The van der Waals surface area contributed by atoms with Gasteiger partial charge in [-0.3, -0.25) is 4.79 Å². The molecule has 27 heavy (non-hydrogen) atoms. The fraction of sp³-hybridized carbons (Fsp3) is 0.368. The van der Waals surface area contributed by atoms with Crippen LogP contribution in [-0.4, -0.2) is 45.7 Å². The molecule has 3 heterocycles. The van der Waals surface area contributed by atoms with Crippen LogP contribution in [0.1, 0.15) is 18.5 Å². The molecule has 0 aliphatic carbocycles. The van der Waals surface area contributed by atoms with Crippen molar-refractivity contribution in [2.75, 3.05) is 30.4 Å². The number of piperidine rings is 1. The van der Waals surface area contributed by atoms with E-state index in [4.69, 9.17) is 4.74 Å². The Morgan fingerprint density at radius 3 is 2.81 bits per heavy atom. The fourth-order valence-electron chi connectivity index (χ4n) is 3.49. The van der Waals surface area contributed by atoms with E-state index in [1.54, 1.807) is 11.6 Å². The van der Waals surface area contributed by atoms with Gasteiger partial charge in [0.1, 0.15) is 17.9 Å². The zero-order valence-electron chi connectivity index (χ0n) is 15.4. The molecule has 0 saturated carbocycles. The summed E-state index contributed by atoms with van der Waals surface area (Å²) in [5, 5.41) is 7.27. The Bertz CT molecular complexity index is 962. The monoisotopic (exact) mass is 366 g/mol. The number of amides is 1. The van der Waals surface area contributed by atoms with E-state index in [0.717, 1.165) is 37.4 Å². The summed E-state index contributed by atoms with van der Waals surface area (Å²) in [7, 11) is 1.60. The van der Waals surface area contributed by atoms with Crippen molar-refractivity contribution in [3.63, 3.8) is 0 Å². The van der Waals surface area contributed by atoms with E-state index in [-0.39, 0.29) is 11.8 Å². The molecule has 0 spiro atoms.